The predicted octanol–water partition coefficient (Wildman–Crippen LogP) is 1.98. The molecule has 0 aromatic heterocycles. The second kappa shape index (κ2) is 6.39. The van der Waals surface area contributed by atoms with Gasteiger partial charge in [-0.1, -0.05) is 42.5 Å². The highest BCUT2D eigenvalue weighted by Crippen LogP contribution is 2.23. The summed E-state index contributed by atoms with van der Waals surface area (Å²) in [7, 11) is -3.81. The van der Waals surface area contributed by atoms with E-state index in [1.165, 1.54) is 12.1 Å². The number of nitrogens with two attached hydrogens (primary N) is 1. The monoisotopic (exact) mass is 301 g/mol. The molecule has 2 aromatic carbocycles. The van der Waals surface area contributed by atoms with Crippen LogP contribution in [-0.2, 0) is 16.6 Å². The fourth-order valence-corrected chi connectivity index (χ4v) is 3.39. The third-order valence-corrected chi connectivity index (χ3v) is 4.85. The van der Waals surface area contributed by atoms with Gasteiger partial charge in [0.25, 0.3) is 0 Å². The van der Waals surface area contributed by atoms with Gasteiger partial charge in [-0.2, -0.15) is 9.57 Å². The lowest BCUT2D eigenvalue weighted by Gasteiger charge is -2.20. The van der Waals surface area contributed by atoms with Crippen LogP contribution in [0, 0.1) is 11.3 Å². The largest absolute Gasteiger partial charge is 0.398 e. The van der Waals surface area contributed by atoms with Gasteiger partial charge in [-0.05, 0) is 17.7 Å². The zero-order chi connectivity index (χ0) is 15.3. The van der Waals surface area contributed by atoms with Crippen molar-refractivity contribution < 1.29 is 8.42 Å². The van der Waals surface area contributed by atoms with Crippen LogP contribution in [0.4, 0.5) is 5.69 Å². The van der Waals surface area contributed by atoms with E-state index in [0.29, 0.717) is 0 Å². The molecule has 108 valence electrons. The van der Waals surface area contributed by atoms with Crippen molar-refractivity contribution in [3.05, 3.63) is 60.2 Å². The van der Waals surface area contributed by atoms with Gasteiger partial charge in [-0.15, -0.1) is 0 Å². The van der Waals surface area contributed by atoms with Gasteiger partial charge in [0.05, 0.1) is 11.8 Å². The van der Waals surface area contributed by atoms with E-state index < -0.39 is 10.0 Å². The second-order valence-corrected chi connectivity index (χ2v) is 6.36. The quantitative estimate of drug-likeness (QED) is 0.675. The van der Waals surface area contributed by atoms with Crippen LogP contribution >= 0.6 is 0 Å². The minimum absolute atomic E-state index is 0.0242. The van der Waals surface area contributed by atoms with Gasteiger partial charge in [0.2, 0.25) is 10.0 Å². The number of anilines is 1. The van der Waals surface area contributed by atoms with E-state index in [1.807, 2.05) is 36.4 Å². The summed E-state index contributed by atoms with van der Waals surface area (Å²) in [5.74, 6) is 0. The molecule has 0 aliphatic heterocycles. The van der Waals surface area contributed by atoms with E-state index in [1.54, 1.807) is 12.1 Å². The molecule has 21 heavy (non-hydrogen) atoms. The van der Waals surface area contributed by atoms with Gasteiger partial charge in [-0.3, -0.25) is 0 Å². The topological polar surface area (TPSA) is 87.2 Å². The van der Waals surface area contributed by atoms with Crippen LogP contribution in [0.25, 0.3) is 0 Å². The first-order valence-corrected chi connectivity index (χ1v) is 7.75. The molecule has 0 saturated heterocycles. The van der Waals surface area contributed by atoms with Gasteiger partial charge >= 0.3 is 0 Å². The molecule has 0 amide bonds. The maximum Gasteiger partial charge on any atom is 0.246 e. The third kappa shape index (κ3) is 3.40. The summed E-state index contributed by atoms with van der Waals surface area (Å²) < 4.78 is 26.4. The molecule has 0 bridgehead atoms. The van der Waals surface area contributed by atoms with Crippen LogP contribution in [0.15, 0.2) is 59.5 Å². The molecular formula is C15H15N3O2S. The number of nitrogens with zero attached hydrogens (tertiary/aromatic N) is 2. The number of hydrogen-bond acceptors (Lipinski definition) is 4. The zero-order valence-corrected chi connectivity index (χ0v) is 12.1. The number of nitriles is 1. The van der Waals surface area contributed by atoms with Crippen molar-refractivity contribution in [3.63, 3.8) is 0 Å². The average molecular weight is 301 g/mol. The Hall–Kier alpha value is -2.36. The minimum Gasteiger partial charge on any atom is -0.398 e. The molecule has 2 N–H and O–H groups in total. The van der Waals surface area contributed by atoms with E-state index in [2.05, 4.69) is 0 Å². The van der Waals surface area contributed by atoms with Crippen molar-refractivity contribution in [1.82, 2.24) is 4.31 Å². The molecule has 0 radical (unpaired) electrons. The maximum absolute atomic E-state index is 12.6. The van der Waals surface area contributed by atoms with Crippen molar-refractivity contribution in [2.75, 3.05) is 12.3 Å². The van der Waals surface area contributed by atoms with Crippen molar-refractivity contribution >= 4 is 15.7 Å². The fraction of sp³-hybridized carbons (Fsp3) is 0.133. The molecule has 5 nitrogen and oxygen atoms in total. The third-order valence-electron chi connectivity index (χ3n) is 2.99. The molecule has 6 heteroatoms. The van der Waals surface area contributed by atoms with E-state index in [-0.39, 0.29) is 23.7 Å². The highest BCUT2D eigenvalue weighted by Gasteiger charge is 2.26. The van der Waals surface area contributed by atoms with Gasteiger partial charge in [0.15, 0.2) is 0 Å². The molecule has 0 spiro atoms. The first-order chi connectivity index (χ1) is 10.1. The van der Waals surface area contributed by atoms with Gasteiger partial charge < -0.3 is 5.73 Å². The van der Waals surface area contributed by atoms with Crippen LogP contribution in [0.1, 0.15) is 5.56 Å². The first kappa shape index (κ1) is 15.0. The second-order valence-electron chi connectivity index (χ2n) is 4.45. The van der Waals surface area contributed by atoms with E-state index in [9.17, 15) is 8.42 Å². The minimum atomic E-state index is -3.81. The highest BCUT2D eigenvalue weighted by atomic mass is 32.2. The van der Waals surface area contributed by atoms with Gasteiger partial charge in [0.1, 0.15) is 11.4 Å². The summed E-state index contributed by atoms with van der Waals surface area (Å²) in [6.07, 6.45) is 0. The van der Waals surface area contributed by atoms with Crippen LogP contribution in [0.3, 0.4) is 0 Å². The summed E-state index contributed by atoms with van der Waals surface area (Å²) >= 11 is 0. The van der Waals surface area contributed by atoms with Crippen LogP contribution < -0.4 is 5.73 Å². The van der Waals surface area contributed by atoms with Gasteiger partial charge in [-0.25, -0.2) is 8.42 Å². The summed E-state index contributed by atoms with van der Waals surface area (Å²) in [5.41, 5.74) is 6.73. The normalized spacial score (nSPS) is 11.2. The summed E-state index contributed by atoms with van der Waals surface area (Å²) in [6.45, 7) is -0.101. The SMILES string of the molecule is N#CCN(Cc1ccccc1)S(=O)(=O)c1ccccc1N. The number of benzene rings is 2. The molecule has 2 rings (SSSR count). The van der Waals surface area contributed by atoms with E-state index in [0.717, 1.165) is 9.87 Å². The predicted molar refractivity (Wildman–Crippen MR) is 80.5 cm³/mol. The maximum atomic E-state index is 12.6. The first-order valence-electron chi connectivity index (χ1n) is 6.31. The van der Waals surface area contributed by atoms with Crippen molar-refractivity contribution in [2.24, 2.45) is 0 Å². The number of hydrogen-bond donors (Lipinski definition) is 1. The molecule has 2 aromatic rings. The molecule has 0 saturated carbocycles. The number of sulfonamides is 1. The van der Waals surface area contributed by atoms with Crippen LogP contribution in [0.5, 0.6) is 0 Å². The van der Waals surface area contributed by atoms with Crippen molar-refractivity contribution in [3.8, 4) is 6.07 Å². The lowest BCUT2D eigenvalue weighted by atomic mass is 10.2. The van der Waals surface area contributed by atoms with Gasteiger partial charge in [0, 0.05) is 6.54 Å². The Morgan fingerprint density at radius 2 is 1.67 bits per heavy atom. The Bertz CT molecular complexity index is 752. The van der Waals surface area contributed by atoms with Crippen LogP contribution in [-0.4, -0.2) is 19.3 Å². The van der Waals surface area contributed by atoms with Crippen molar-refractivity contribution in [2.45, 2.75) is 11.4 Å². The highest BCUT2D eigenvalue weighted by molar-refractivity contribution is 7.89. The molecule has 0 fully saturated rings. The lowest BCUT2D eigenvalue weighted by Crippen LogP contribution is -2.31. The molecule has 0 unspecified atom stereocenters. The van der Waals surface area contributed by atoms with Crippen molar-refractivity contribution in [1.29, 1.82) is 5.26 Å². The molecular weight excluding hydrogens is 286 g/mol. The molecule has 0 atom stereocenters. The zero-order valence-electron chi connectivity index (χ0n) is 11.3. The molecule has 0 heterocycles. The smallest absolute Gasteiger partial charge is 0.246 e. The molecule has 0 aliphatic carbocycles. The summed E-state index contributed by atoms with van der Waals surface area (Å²) in [6, 6.07) is 17.3. The standard InChI is InChI=1S/C15H15N3O2S/c16-10-11-18(12-13-6-2-1-3-7-13)21(19,20)15-9-5-4-8-14(15)17/h1-9H,11-12,17H2. The van der Waals surface area contributed by atoms with E-state index in [4.69, 9.17) is 11.0 Å². The summed E-state index contributed by atoms with van der Waals surface area (Å²) in [4.78, 5) is 0.0242. The molecule has 0 aliphatic rings. The summed E-state index contributed by atoms with van der Waals surface area (Å²) in [5, 5.41) is 8.91. The number of rotatable bonds is 5. The number of para-hydroxylation sites is 1. The Balaban J connectivity index is 2.38. The Morgan fingerprint density at radius 1 is 1.05 bits per heavy atom. The average Bonchev–Trinajstić information content (AvgIpc) is 2.48. The Kier molecular flexibility index (Phi) is 4.58. The van der Waals surface area contributed by atoms with Crippen LogP contribution in [0.2, 0.25) is 0 Å². The fourth-order valence-electron chi connectivity index (χ4n) is 1.95. The number of nitrogen functional groups attached to an aromatic ring is 1. The van der Waals surface area contributed by atoms with E-state index >= 15 is 0 Å². The Morgan fingerprint density at radius 3 is 2.29 bits per heavy atom. The Labute approximate surface area is 124 Å². The lowest BCUT2D eigenvalue weighted by molar-refractivity contribution is 0.441.